The van der Waals surface area contributed by atoms with E-state index in [0.29, 0.717) is 34.8 Å². The van der Waals surface area contributed by atoms with Gasteiger partial charge in [0.25, 0.3) is 0 Å². The summed E-state index contributed by atoms with van der Waals surface area (Å²) in [4.78, 5) is 8.69. The van der Waals surface area contributed by atoms with E-state index in [2.05, 4.69) is 21.1 Å². The Bertz CT molecular complexity index is 1170. The van der Waals surface area contributed by atoms with Gasteiger partial charge in [-0.05, 0) is 42.8 Å². The lowest BCUT2D eigenvalue weighted by atomic mass is 10.1. The van der Waals surface area contributed by atoms with E-state index >= 15 is 0 Å². The minimum absolute atomic E-state index is 0.0561. The molecular formula is C20H17FN6O. The van der Waals surface area contributed by atoms with Crippen LogP contribution in [-0.2, 0) is 0 Å². The lowest BCUT2D eigenvalue weighted by molar-refractivity contribution is 0.225. The van der Waals surface area contributed by atoms with E-state index in [-0.39, 0.29) is 18.5 Å². The predicted octanol–water partition coefficient (Wildman–Crippen LogP) is 3.21. The highest BCUT2D eigenvalue weighted by Crippen LogP contribution is 2.33. The third kappa shape index (κ3) is 2.92. The van der Waals surface area contributed by atoms with Crippen molar-refractivity contribution in [3.05, 3.63) is 60.4 Å². The molecule has 1 atom stereocenters. The number of nitriles is 1. The third-order valence-corrected chi connectivity index (χ3v) is 4.71. The number of aliphatic hydroxyl groups excluding tert-OH is 1. The first-order valence-corrected chi connectivity index (χ1v) is 8.85. The zero-order valence-electron chi connectivity index (χ0n) is 15.1. The smallest absolute Gasteiger partial charge is 0.162 e. The Morgan fingerprint density at radius 2 is 1.96 bits per heavy atom. The zero-order valence-corrected chi connectivity index (χ0v) is 15.1. The van der Waals surface area contributed by atoms with Gasteiger partial charge in [0.15, 0.2) is 11.3 Å². The van der Waals surface area contributed by atoms with Crippen molar-refractivity contribution in [3.8, 4) is 28.7 Å². The monoisotopic (exact) mass is 376 g/mol. The summed E-state index contributed by atoms with van der Waals surface area (Å²) in [7, 11) is 0. The maximum atomic E-state index is 13.4. The SMILES string of the molecule is CC[C@@H](CO)n1cnc(-c2ccc(F)cc2)c1-c1ccc2ncc(C#N)n2n1. The zero-order chi connectivity index (χ0) is 19.7. The first-order chi connectivity index (χ1) is 13.7. The molecule has 0 aliphatic heterocycles. The molecule has 1 aromatic carbocycles. The van der Waals surface area contributed by atoms with E-state index in [0.717, 1.165) is 5.56 Å². The number of nitrogens with zero attached hydrogens (tertiary/aromatic N) is 6. The van der Waals surface area contributed by atoms with Gasteiger partial charge in [-0.25, -0.2) is 18.9 Å². The van der Waals surface area contributed by atoms with Crippen LogP contribution in [0.5, 0.6) is 0 Å². The van der Waals surface area contributed by atoms with Gasteiger partial charge in [-0.2, -0.15) is 10.4 Å². The fraction of sp³-hybridized carbons (Fsp3) is 0.200. The van der Waals surface area contributed by atoms with Gasteiger partial charge in [0.2, 0.25) is 0 Å². The number of hydrogen-bond acceptors (Lipinski definition) is 5. The first kappa shape index (κ1) is 17.8. The standard InChI is InChI=1S/C20H17FN6O/c1-2-15(11-28)26-12-24-19(13-3-5-14(21)6-4-13)20(26)17-7-8-18-23-10-16(9-22)27(18)25-17/h3-8,10,12,15,28H,2,11H2,1H3/t15-/m0/s1. The second kappa shape index (κ2) is 7.21. The Kier molecular flexibility index (Phi) is 4.59. The molecule has 28 heavy (non-hydrogen) atoms. The third-order valence-electron chi connectivity index (χ3n) is 4.71. The van der Waals surface area contributed by atoms with Gasteiger partial charge in [0, 0.05) is 5.56 Å². The molecule has 7 nitrogen and oxygen atoms in total. The molecule has 0 saturated heterocycles. The van der Waals surface area contributed by atoms with Crippen LogP contribution in [0, 0.1) is 17.1 Å². The summed E-state index contributed by atoms with van der Waals surface area (Å²) in [6.07, 6.45) is 3.82. The van der Waals surface area contributed by atoms with Crippen LogP contribution in [0.4, 0.5) is 4.39 Å². The molecule has 4 aromatic rings. The van der Waals surface area contributed by atoms with Crippen molar-refractivity contribution < 1.29 is 9.50 Å². The fourth-order valence-corrected chi connectivity index (χ4v) is 3.20. The maximum absolute atomic E-state index is 13.4. The normalized spacial score (nSPS) is 12.2. The Hall–Kier alpha value is -3.57. The highest BCUT2D eigenvalue weighted by atomic mass is 19.1. The van der Waals surface area contributed by atoms with Gasteiger partial charge in [0.1, 0.15) is 17.6 Å². The Balaban J connectivity index is 1.96. The molecule has 3 aromatic heterocycles. The number of aliphatic hydroxyl groups is 1. The minimum atomic E-state index is -0.330. The molecule has 0 unspecified atom stereocenters. The second-order valence-corrected chi connectivity index (χ2v) is 6.34. The number of hydrogen-bond donors (Lipinski definition) is 1. The molecule has 0 fully saturated rings. The summed E-state index contributed by atoms with van der Waals surface area (Å²) in [6.45, 7) is 1.92. The average molecular weight is 376 g/mol. The van der Waals surface area contributed by atoms with Gasteiger partial charge >= 0.3 is 0 Å². The van der Waals surface area contributed by atoms with Crippen LogP contribution in [-0.4, -0.2) is 35.9 Å². The number of benzene rings is 1. The Morgan fingerprint density at radius 1 is 1.18 bits per heavy atom. The molecule has 4 rings (SSSR count). The van der Waals surface area contributed by atoms with Gasteiger partial charge in [-0.15, -0.1) is 0 Å². The van der Waals surface area contributed by atoms with Gasteiger partial charge in [-0.1, -0.05) is 6.92 Å². The molecule has 0 spiro atoms. The number of aromatic nitrogens is 5. The Morgan fingerprint density at radius 3 is 2.64 bits per heavy atom. The van der Waals surface area contributed by atoms with Crippen molar-refractivity contribution in [1.82, 2.24) is 24.1 Å². The maximum Gasteiger partial charge on any atom is 0.162 e. The summed E-state index contributed by atoms with van der Waals surface area (Å²) in [5, 5.41) is 23.7. The molecule has 0 bridgehead atoms. The van der Waals surface area contributed by atoms with E-state index < -0.39 is 0 Å². The second-order valence-electron chi connectivity index (χ2n) is 6.34. The Labute approximate surface area is 160 Å². The van der Waals surface area contributed by atoms with Crippen molar-refractivity contribution in [3.63, 3.8) is 0 Å². The topological polar surface area (TPSA) is 92.0 Å². The number of fused-ring (bicyclic) bond motifs is 1. The fourth-order valence-electron chi connectivity index (χ4n) is 3.20. The molecule has 0 radical (unpaired) electrons. The van der Waals surface area contributed by atoms with Crippen molar-refractivity contribution in [1.29, 1.82) is 5.26 Å². The molecule has 1 N–H and O–H groups in total. The van der Waals surface area contributed by atoms with Crippen LogP contribution in [0.1, 0.15) is 25.1 Å². The van der Waals surface area contributed by atoms with Gasteiger partial charge in [-0.3, -0.25) is 0 Å². The molecule has 0 saturated carbocycles. The van der Waals surface area contributed by atoms with Crippen LogP contribution in [0.2, 0.25) is 0 Å². The van der Waals surface area contributed by atoms with Crippen LogP contribution in [0.15, 0.2) is 48.9 Å². The number of imidazole rings is 2. The van der Waals surface area contributed by atoms with E-state index in [9.17, 15) is 14.8 Å². The molecule has 140 valence electrons. The summed E-state index contributed by atoms with van der Waals surface area (Å²) in [5.41, 5.74) is 3.50. The van der Waals surface area contributed by atoms with Gasteiger partial charge in [0.05, 0.1) is 36.6 Å². The van der Waals surface area contributed by atoms with E-state index in [1.54, 1.807) is 30.6 Å². The summed E-state index contributed by atoms with van der Waals surface area (Å²) in [6, 6.07) is 11.5. The lowest BCUT2D eigenvalue weighted by Crippen LogP contribution is -2.13. The van der Waals surface area contributed by atoms with Crippen LogP contribution >= 0.6 is 0 Å². The van der Waals surface area contributed by atoms with Crippen LogP contribution < -0.4 is 0 Å². The van der Waals surface area contributed by atoms with Crippen molar-refractivity contribution >= 4 is 5.65 Å². The van der Waals surface area contributed by atoms with E-state index in [1.807, 2.05) is 11.5 Å². The van der Waals surface area contributed by atoms with Crippen LogP contribution in [0.25, 0.3) is 28.3 Å². The largest absolute Gasteiger partial charge is 0.394 e. The summed E-state index contributed by atoms with van der Waals surface area (Å²) in [5.74, 6) is -0.330. The molecule has 8 heteroatoms. The van der Waals surface area contributed by atoms with Crippen molar-refractivity contribution in [2.24, 2.45) is 0 Å². The number of rotatable bonds is 5. The quantitative estimate of drug-likeness (QED) is 0.577. The molecule has 3 heterocycles. The highest BCUT2D eigenvalue weighted by Gasteiger charge is 2.21. The summed E-state index contributed by atoms with van der Waals surface area (Å²) < 4.78 is 16.7. The van der Waals surface area contributed by atoms with Crippen molar-refractivity contribution in [2.45, 2.75) is 19.4 Å². The highest BCUT2D eigenvalue weighted by molar-refractivity contribution is 5.77. The predicted molar refractivity (Wildman–Crippen MR) is 101 cm³/mol. The molecule has 0 aliphatic carbocycles. The minimum Gasteiger partial charge on any atom is -0.394 e. The average Bonchev–Trinajstić information content (AvgIpc) is 3.33. The lowest BCUT2D eigenvalue weighted by Gasteiger charge is -2.17. The number of halogens is 1. The molecular weight excluding hydrogens is 359 g/mol. The van der Waals surface area contributed by atoms with E-state index in [4.69, 9.17) is 0 Å². The van der Waals surface area contributed by atoms with E-state index in [1.165, 1.54) is 22.8 Å². The van der Waals surface area contributed by atoms with Gasteiger partial charge < -0.3 is 9.67 Å². The first-order valence-electron chi connectivity index (χ1n) is 8.85. The summed E-state index contributed by atoms with van der Waals surface area (Å²) >= 11 is 0. The molecule has 0 aliphatic rings. The van der Waals surface area contributed by atoms with Crippen LogP contribution in [0.3, 0.4) is 0 Å². The van der Waals surface area contributed by atoms with Crippen molar-refractivity contribution in [2.75, 3.05) is 6.61 Å². The molecule has 0 amide bonds.